The van der Waals surface area contributed by atoms with Crippen molar-refractivity contribution >= 4 is 33.6 Å². The zero-order valence-corrected chi connectivity index (χ0v) is 9.11. The molecule has 0 saturated carbocycles. The second kappa shape index (κ2) is 3.81. The molecule has 0 bridgehead atoms. The van der Waals surface area contributed by atoms with Crippen molar-refractivity contribution in [2.75, 3.05) is 12.3 Å². The lowest BCUT2D eigenvalue weighted by Crippen LogP contribution is -2.37. The van der Waals surface area contributed by atoms with E-state index in [-0.39, 0.29) is 10.7 Å². The van der Waals surface area contributed by atoms with E-state index in [0.29, 0.717) is 5.37 Å². The summed E-state index contributed by atoms with van der Waals surface area (Å²) in [7, 11) is 0. The summed E-state index contributed by atoms with van der Waals surface area (Å²) < 4.78 is 0. The number of carbonyl (C=O) groups is 1. The molecule has 1 rings (SSSR count). The Balaban J connectivity index is 2.53. The van der Waals surface area contributed by atoms with Gasteiger partial charge in [-0.05, 0) is 13.8 Å². The summed E-state index contributed by atoms with van der Waals surface area (Å²) in [4.78, 5) is 13.3. The van der Waals surface area contributed by atoms with Crippen molar-refractivity contribution in [3.63, 3.8) is 0 Å². The SMILES string of the molecule is CC(Br)C(=O)N1CCSC1C. The highest BCUT2D eigenvalue weighted by Gasteiger charge is 2.27. The van der Waals surface area contributed by atoms with E-state index in [1.54, 1.807) is 0 Å². The quantitative estimate of drug-likeness (QED) is 0.648. The fourth-order valence-electron chi connectivity index (χ4n) is 1.11. The molecule has 0 aromatic carbocycles. The lowest BCUT2D eigenvalue weighted by Gasteiger charge is -2.21. The first-order valence-corrected chi connectivity index (χ1v) is 5.65. The molecule has 1 fully saturated rings. The average Bonchev–Trinajstić information content (AvgIpc) is 2.33. The molecule has 11 heavy (non-hydrogen) atoms. The third-order valence-corrected chi connectivity index (χ3v) is 3.30. The number of halogens is 1. The molecule has 4 heteroatoms. The maximum absolute atomic E-state index is 11.4. The third-order valence-electron chi connectivity index (χ3n) is 1.75. The van der Waals surface area contributed by atoms with Gasteiger partial charge in [0.25, 0.3) is 0 Å². The van der Waals surface area contributed by atoms with Gasteiger partial charge in [-0.25, -0.2) is 0 Å². The molecule has 0 aromatic heterocycles. The zero-order chi connectivity index (χ0) is 8.43. The minimum Gasteiger partial charge on any atom is -0.329 e. The van der Waals surface area contributed by atoms with E-state index < -0.39 is 0 Å². The predicted molar refractivity (Wildman–Crippen MR) is 52.0 cm³/mol. The van der Waals surface area contributed by atoms with Gasteiger partial charge in [0, 0.05) is 12.3 Å². The van der Waals surface area contributed by atoms with Crippen molar-refractivity contribution in [3.05, 3.63) is 0 Å². The van der Waals surface area contributed by atoms with E-state index in [4.69, 9.17) is 0 Å². The van der Waals surface area contributed by atoms with E-state index in [0.717, 1.165) is 12.3 Å². The number of hydrogen-bond acceptors (Lipinski definition) is 2. The minimum absolute atomic E-state index is 0.0383. The van der Waals surface area contributed by atoms with Gasteiger partial charge in [-0.2, -0.15) is 0 Å². The number of hydrogen-bond donors (Lipinski definition) is 0. The van der Waals surface area contributed by atoms with Crippen LogP contribution in [0.4, 0.5) is 0 Å². The van der Waals surface area contributed by atoms with E-state index in [1.165, 1.54) is 0 Å². The number of carbonyl (C=O) groups excluding carboxylic acids is 1. The zero-order valence-electron chi connectivity index (χ0n) is 6.71. The normalized spacial score (nSPS) is 27.2. The Morgan fingerprint density at radius 1 is 1.82 bits per heavy atom. The Hall–Kier alpha value is 0.300. The van der Waals surface area contributed by atoms with Crippen molar-refractivity contribution in [1.29, 1.82) is 0 Å². The largest absolute Gasteiger partial charge is 0.329 e. The van der Waals surface area contributed by atoms with Crippen LogP contribution in [0.5, 0.6) is 0 Å². The van der Waals surface area contributed by atoms with Crippen molar-refractivity contribution in [2.45, 2.75) is 24.0 Å². The number of nitrogens with zero attached hydrogens (tertiary/aromatic N) is 1. The summed E-state index contributed by atoms with van der Waals surface area (Å²) in [6.07, 6.45) is 0. The minimum atomic E-state index is -0.0383. The smallest absolute Gasteiger partial charge is 0.236 e. The van der Waals surface area contributed by atoms with Crippen LogP contribution >= 0.6 is 27.7 Å². The number of alkyl halides is 1. The standard InChI is InChI=1S/C7H12BrNOS/c1-5(8)7(10)9-3-4-11-6(9)2/h5-6H,3-4H2,1-2H3. The molecular formula is C7H12BrNOS. The van der Waals surface area contributed by atoms with Crippen molar-refractivity contribution in [2.24, 2.45) is 0 Å². The summed E-state index contributed by atoms with van der Waals surface area (Å²) in [6.45, 7) is 4.85. The molecule has 1 heterocycles. The first-order valence-electron chi connectivity index (χ1n) is 3.69. The second-order valence-electron chi connectivity index (χ2n) is 2.62. The Morgan fingerprint density at radius 2 is 2.45 bits per heavy atom. The van der Waals surface area contributed by atoms with Gasteiger partial charge < -0.3 is 4.90 Å². The molecule has 1 aliphatic heterocycles. The second-order valence-corrected chi connectivity index (χ2v) is 5.42. The molecule has 2 unspecified atom stereocenters. The first-order chi connectivity index (χ1) is 5.13. The maximum atomic E-state index is 11.4. The predicted octanol–water partition coefficient (Wildman–Crippen LogP) is 1.69. The molecule has 1 amide bonds. The third kappa shape index (κ3) is 2.12. The molecular weight excluding hydrogens is 226 g/mol. The van der Waals surface area contributed by atoms with Gasteiger partial charge in [-0.3, -0.25) is 4.79 Å². The Kier molecular flexibility index (Phi) is 3.25. The molecule has 2 atom stereocenters. The van der Waals surface area contributed by atoms with Crippen LogP contribution in [-0.2, 0) is 4.79 Å². The molecule has 0 radical (unpaired) electrons. The summed E-state index contributed by atoms with van der Waals surface area (Å²) in [5, 5.41) is 0.363. The topological polar surface area (TPSA) is 20.3 Å². The Labute approximate surface area is 79.8 Å². The molecule has 0 spiro atoms. The van der Waals surface area contributed by atoms with E-state index in [1.807, 2.05) is 23.6 Å². The summed E-state index contributed by atoms with van der Waals surface area (Å²) in [5.74, 6) is 1.29. The number of rotatable bonds is 1. The average molecular weight is 238 g/mol. The van der Waals surface area contributed by atoms with Gasteiger partial charge in [0.1, 0.15) is 0 Å². The van der Waals surface area contributed by atoms with Gasteiger partial charge in [0.15, 0.2) is 0 Å². The van der Waals surface area contributed by atoms with Crippen molar-refractivity contribution < 1.29 is 4.79 Å². The van der Waals surface area contributed by atoms with E-state index in [2.05, 4.69) is 22.9 Å². The van der Waals surface area contributed by atoms with Gasteiger partial charge in [-0.15, -0.1) is 11.8 Å². The molecule has 0 N–H and O–H groups in total. The fourth-order valence-corrected chi connectivity index (χ4v) is 2.41. The molecule has 0 aliphatic carbocycles. The lowest BCUT2D eigenvalue weighted by atomic mass is 10.4. The highest BCUT2D eigenvalue weighted by atomic mass is 79.9. The van der Waals surface area contributed by atoms with Crippen LogP contribution in [0.15, 0.2) is 0 Å². The lowest BCUT2D eigenvalue weighted by molar-refractivity contribution is -0.129. The Morgan fingerprint density at radius 3 is 2.82 bits per heavy atom. The molecule has 0 aromatic rings. The van der Waals surface area contributed by atoms with Crippen LogP contribution < -0.4 is 0 Å². The van der Waals surface area contributed by atoms with Gasteiger partial charge in [-0.1, -0.05) is 15.9 Å². The van der Waals surface area contributed by atoms with Gasteiger partial charge >= 0.3 is 0 Å². The van der Waals surface area contributed by atoms with Crippen LogP contribution in [0.2, 0.25) is 0 Å². The Bertz CT molecular complexity index is 163. The van der Waals surface area contributed by atoms with Crippen LogP contribution in [0.1, 0.15) is 13.8 Å². The van der Waals surface area contributed by atoms with Crippen LogP contribution in [-0.4, -0.2) is 33.3 Å². The number of thioether (sulfide) groups is 1. The fraction of sp³-hybridized carbons (Fsp3) is 0.857. The molecule has 1 aliphatic rings. The van der Waals surface area contributed by atoms with Gasteiger partial charge in [0.05, 0.1) is 10.2 Å². The summed E-state index contributed by atoms with van der Waals surface area (Å²) >= 11 is 5.11. The van der Waals surface area contributed by atoms with Crippen molar-refractivity contribution in [1.82, 2.24) is 4.90 Å². The van der Waals surface area contributed by atoms with Crippen LogP contribution in [0.25, 0.3) is 0 Å². The molecule has 1 saturated heterocycles. The van der Waals surface area contributed by atoms with Gasteiger partial charge in [0.2, 0.25) is 5.91 Å². The van der Waals surface area contributed by atoms with E-state index in [9.17, 15) is 4.79 Å². The highest BCUT2D eigenvalue weighted by Crippen LogP contribution is 2.24. The molecule has 2 nitrogen and oxygen atoms in total. The first kappa shape index (κ1) is 9.39. The number of amides is 1. The molecule has 64 valence electrons. The van der Waals surface area contributed by atoms with Crippen LogP contribution in [0, 0.1) is 0 Å². The summed E-state index contributed by atoms with van der Waals surface area (Å²) in [5.41, 5.74) is 0. The summed E-state index contributed by atoms with van der Waals surface area (Å²) in [6, 6.07) is 0. The highest BCUT2D eigenvalue weighted by molar-refractivity contribution is 9.10. The monoisotopic (exact) mass is 237 g/mol. The van der Waals surface area contributed by atoms with Crippen molar-refractivity contribution in [3.8, 4) is 0 Å². The maximum Gasteiger partial charge on any atom is 0.236 e. The van der Waals surface area contributed by atoms with E-state index >= 15 is 0 Å². The van der Waals surface area contributed by atoms with Crippen LogP contribution in [0.3, 0.4) is 0 Å².